The molecule has 5 aliphatic rings. The van der Waals surface area contributed by atoms with Crippen LogP contribution < -0.4 is 0 Å². The predicted molar refractivity (Wildman–Crippen MR) is 147 cm³/mol. The average Bonchev–Trinajstić information content (AvgIpc) is 3.40. The van der Waals surface area contributed by atoms with Crippen LogP contribution in [0.5, 0.6) is 0 Å². The molecular formula is C33H41NO5. The van der Waals surface area contributed by atoms with Crippen LogP contribution in [0.2, 0.25) is 0 Å². The Balaban J connectivity index is 1.26. The molecule has 208 valence electrons. The highest BCUT2D eigenvalue weighted by molar-refractivity contribution is 5.93. The lowest BCUT2D eigenvalue weighted by atomic mass is 9.47. The van der Waals surface area contributed by atoms with Crippen molar-refractivity contribution in [1.29, 1.82) is 0 Å². The number of benzene rings is 1. The number of ether oxygens (including phenoxy) is 1. The van der Waals surface area contributed by atoms with E-state index in [-0.39, 0.29) is 34.9 Å². The highest BCUT2D eigenvalue weighted by atomic mass is 16.7. The molecule has 3 fully saturated rings. The van der Waals surface area contributed by atoms with E-state index in [1.807, 2.05) is 11.1 Å². The number of rotatable bonds is 7. The quantitative estimate of drug-likeness (QED) is 0.353. The molecular weight excluding hydrogens is 490 g/mol. The van der Waals surface area contributed by atoms with E-state index in [4.69, 9.17) is 9.57 Å². The lowest BCUT2D eigenvalue weighted by Crippen LogP contribution is -2.60. The summed E-state index contributed by atoms with van der Waals surface area (Å²) in [6.45, 7) is 7.21. The summed E-state index contributed by atoms with van der Waals surface area (Å²) in [6, 6.07) is 10.5. The number of Topliss-reactive ketones (excluding diaryl/α,β-unsaturated/α-hetero) is 1. The zero-order valence-electron chi connectivity index (χ0n) is 23.5. The second kappa shape index (κ2) is 9.81. The first-order valence-electron chi connectivity index (χ1n) is 14.7. The fourth-order valence-corrected chi connectivity index (χ4v) is 9.24. The van der Waals surface area contributed by atoms with E-state index in [2.05, 4.69) is 50.3 Å². The van der Waals surface area contributed by atoms with Crippen LogP contribution in [0.3, 0.4) is 0 Å². The number of hydrogen-bond donors (Lipinski definition) is 0. The number of nitrogens with zero attached hydrogens (tertiary/aromatic N) is 1. The number of esters is 1. The second-order valence-electron chi connectivity index (χ2n) is 13.0. The van der Waals surface area contributed by atoms with E-state index in [1.165, 1.54) is 18.1 Å². The summed E-state index contributed by atoms with van der Waals surface area (Å²) in [5.74, 6) is 0.995. The molecule has 6 nitrogen and oxygen atoms in total. The normalized spacial score (nSPS) is 38.8. The van der Waals surface area contributed by atoms with Crippen molar-refractivity contribution >= 4 is 17.5 Å². The van der Waals surface area contributed by atoms with Gasteiger partial charge in [-0.25, -0.2) is 0 Å². The van der Waals surface area contributed by atoms with Gasteiger partial charge in [-0.2, -0.15) is 5.06 Å². The molecule has 1 heterocycles. The molecule has 0 amide bonds. The number of carbonyl (C=O) groups is 3. The number of allylic oxidation sites excluding steroid dienone is 4. The van der Waals surface area contributed by atoms with Crippen LogP contribution >= 0.6 is 0 Å². The van der Waals surface area contributed by atoms with Gasteiger partial charge in [0, 0.05) is 43.2 Å². The van der Waals surface area contributed by atoms with E-state index >= 15 is 0 Å². The van der Waals surface area contributed by atoms with Gasteiger partial charge in [0.15, 0.2) is 18.0 Å². The SMILES string of the molecule is CC(=O)OCC(=O)[C@@]12ON(CCCc3ccccc3)C[C@@H]1C[C@H]1[C@@H]3CC=C4CC(=O)C=C[C@]4(C)C3CC[C@@]12C. The molecule has 1 aliphatic heterocycles. The maximum absolute atomic E-state index is 14.1. The number of carbonyl (C=O) groups excluding carboxylic acids is 3. The van der Waals surface area contributed by atoms with Gasteiger partial charge in [0.05, 0.1) is 0 Å². The summed E-state index contributed by atoms with van der Waals surface area (Å²) >= 11 is 0. The number of hydrogen-bond acceptors (Lipinski definition) is 6. The maximum atomic E-state index is 14.1. The van der Waals surface area contributed by atoms with Crippen molar-refractivity contribution in [3.05, 3.63) is 59.7 Å². The number of fused-ring (bicyclic) bond motifs is 7. The van der Waals surface area contributed by atoms with Gasteiger partial charge < -0.3 is 4.74 Å². The van der Waals surface area contributed by atoms with Crippen molar-refractivity contribution in [1.82, 2.24) is 5.06 Å². The lowest BCUT2D eigenvalue weighted by Gasteiger charge is -2.57. The van der Waals surface area contributed by atoms with Crippen molar-refractivity contribution in [3.63, 3.8) is 0 Å². The summed E-state index contributed by atoms with van der Waals surface area (Å²) in [7, 11) is 0. The molecule has 0 N–H and O–H groups in total. The van der Waals surface area contributed by atoms with E-state index in [1.54, 1.807) is 6.08 Å². The summed E-state index contributed by atoms with van der Waals surface area (Å²) in [5, 5.41) is 2.03. The molecule has 6 heteroatoms. The Morgan fingerprint density at radius 3 is 2.72 bits per heavy atom. The zero-order chi connectivity index (χ0) is 27.4. The van der Waals surface area contributed by atoms with Gasteiger partial charge in [0.2, 0.25) is 5.78 Å². The van der Waals surface area contributed by atoms with Gasteiger partial charge in [-0.05, 0) is 67.9 Å². The average molecular weight is 532 g/mol. The fraction of sp³-hybridized carbons (Fsp3) is 0.606. The van der Waals surface area contributed by atoms with Crippen molar-refractivity contribution in [2.45, 2.75) is 71.3 Å². The predicted octanol–water partition coefficient (Wildman–Crippen LogP) is 5.27. The van der Waals surface area contributed by atoms with Crippen molar-refractivity contribution in [2.24, 2.45) is 34.5 Å². The highest BCUT2D eigenvalue weighted by Gasteiger charge is 2.73. The Morgan fingerprint density at radius 2 is 1.95 bits per heavy atom. The van der Waals surface area contributed by atoms with Crippen LogP contribution in [0, 0.1) is 34.5 Å². The molecule has 0 spiro atoms. The third-order valence-electron chi connectivity index (χ3n) is 11.1. The summed E-state index contributed by atoms with van der Waals surface area (Å²) in [4.78, 5) is 44.7. The summed E-state index contributed by atoms with van der Waals surface area (Å²) in [6.07, 6.45) is 12.5. The van der Waals surface area contributed by atoms with Crippen molar-refractivity contribution in [3.8, 4) is 0 Å². The first kappa shape index (κ1) is 26.6. The maximum Gasteiger partial charge on any atom is 0.303 e. The Hall–Kier alpha value is -2.57. The molecule has 1 aromatic carbocycles. The van der Waals surface area contributed by atoms with Crippen LogP contribution in [-0.2, 0) is 30.4 Å². The minimum absolute atomic E-state index is 0.0766. The third kappa shape index (κ3) is 4.17. The molecule has 7 atom stereocenters. The monoisotopic (exact) mass is 531 g/mol. The third-order valence-corrected chi connectivity index (χ3v) is 11.1. The Kier molecular flexibility index (Phi) is 6.70. The topological polar surface area (TPSA) is 72.9 Å². The van der Waals surface area contributed by atoms with Gasteiger partial charge >= 0.3 is 5.97 Å². The molecule has 1 unspecified atom stereocenters. The summed E-state index contributed by atoms with van der Waals surface area (Å²) < 4.78 is 5.28. The van der Waals surface area contributed by atoms with Crippen LogP contribution in [-0.4, -0.2) is 47.9 Å². The van der Waals surface area contributed by atoms with E-state index in [0.29, 0.717) is 24.2 Å². The van der Waals surface area contributed by atoms with Crippen LogP contribution in [0.15, 0.2) is 54.1 Å². The first-order valence-corrected chi connectivity index (χ1v) is 14.7. The molecule has 2 saturated carbocycles. The highest BCUT2D eigenvalue weighted by Crippen LogP contribution is 2.70. The molecule has 6 rings (SSSR count). The van der Waals surface area contributed by atoms with Gasteiger partial charge in [-0.3, -0.25) is 19.2 Å². The van der Waals surface area contributed by atoms with E-state index in [9.17, 15) is 14.4 Å². The van der Waals surface area contributed by atoms with Gasteiger partial charge in [0.25, 0.3) is 0 Å². The number of hydroxylamine groups is 2. The first-order chi connectivity index (χ1) is 18.7. The van der Waals surface area contributed by atoms with Crippen molar-refractivity contribution < 1.29 is 24.0 Å². The Bertz CT molecular complexity index is 1220. The minimum Gasteiger partial charge on any atom is -0.458 e. The molecule has 0 radical (unpaired) electrons. The van der Waals surface area contributed by atoms with Gasteiger partial charge in [0.1, 0.15) is 0 Å². The zero-order valence-corrected chi connectivity index (χ0v) is 23.5. The standard InChI is InChI=1S/C33H41NO5/c1-22(35)38-21-30(37)33-25(20-34(39-33)17-7-10-23-8-5-4-6-9-23)19-29-27-12-11-24-18-26(36)13-15-31(24,2)28(27)14-16-32(29,33)3/h4-6,8-9,11,13,15,25,27-29H,7,10,12,14,16-21H2,1-3H3/t25-,27+,28?,29-,31-,32-,33-/m0/s1. The van der Waals surface area contributed by atoms with Crippen LogP contribution in [0.25, 0.3) is 0 Å². The van der Waals surface area contributed by atoms with E-state index < -0.39 is 11.6 Å². The molecule has 0 aromatic heterocycles. The molecule has 1 saturated heterocycles. The number of aryl methyl sites for hydroxylation is 1. The Labute approximate surface area is 231 Å². The van der Waals surface area contributed by atoms with E-state index in [0.717, 1.165) is 51.6 Å². The smallest absolute Gasteiger partial charge is 0.303 e. The second-order valence-corrected chi connectivity index (χ2v) is 13.0. The lowest BCUT2D eigenvalue weighted by molar-refractivity contribution is -0.242. The van der Waals surface area contributed by atoms with Crippen LogP contribution in [0.1, 0.15) is 64.9 Å². The molecule has 0 bridgehead atoms. The Morgan fingerprint density at radius 1 is 1.15 bits per heavy atom. The van der Waals surface area contributed by atoms with Gasteiger partial charge in [-0.15, -0.1) is 0 Å². The van der Waals surface area contributed by atoms with Gasteiger partial charge in [-0.1, -0.05) is 61.9 Å². The molecule has 1 aromatic rings. The molecule has 4 aliphatic carbocycles. The van der Waals surface area contributed by atoms with Crippen LogP contribution in [0.4, 0.5) is 0 Å². The fourth-order valence-electron chi connectivity index (χ4n) is 9.24. The summed E-state index contributed by atoms with van der Waals surface area (Å²) in [5.41, 5.74) is 1.20. The van der Waals surface area contributed by atoms with Crippen molar-refractivity contribution in [2.75, 3.05) is 19.7 Å². The molecule has 39 heavy (non-hydrogen) atoms. The number of ketones is 2. The minimum atomic E-state index is -0.964. The largest absolute Gasteiger partial charge is 0.458 e.